The fourth-order valence-corrected chi connectivity index (χ4v) is 1.86. The summed E-state index contributed by atoms with van der Waals surface area (Å²) >= 11 is 4.10. The Kier molecular flexibility index (Phi) is 3.19. The second-order valence-electron chi connectivity index (χ2n) is 3.37. The maximum Gasteiger partial charge on any atom is 0.315 e. The average molecular weight is 241 g/mol. The minimum atomic E-state index is -0.449. The smallest absolute Gasteiger partial charge is 0.315 e. The molecule has 1 heterocycles. The standard InChI is InChI=1S/C10H11NO4S/c12-11(13)8-5-7(1-4-16)6-9-10(8)15-3-2-14-9/h5-6,16H,1-4H2. The molecule has 0 saturated heterocycles. The van der Waals surface area contributed by atoms with Gasteiger partial charge in [-0.3, -0.25) is 10.1 Å². The van der Waals surface area contributed by atoms with E-state index in [1.165, 1.54) is 6.07 Å². The van der Waals surface area contributed by atoms with E-state index in [1.54, 1.807) is 6.07 Å². The van der Waals surface area contributed by atoms with Crippen LogP contribution in [-0.4, -0.2) is 23.9 Å². The summed E-state index contributed by atoms with van der Waals surface area (Å²) in [5, 5.41) is 10.9. The van der Waals surface area contributed by atoms with Crippen LogP contribution in [0.5, 0.6) is 11.5 Å². The third-order valence-electron chi connectivity index (χ3n) is 2.28. The van der Waals surface area contributed by atoms with E-state index in [9.17, 15) is 10.1 Å². The van der Waals surface area contributed by atoms with Gasteiger partial charge in [-0.15, -0.1) is 0 Å². The molecule has 0 N–H and O–H groups in total. The van der Waals surface area contributed by atoms with Crippen LogP contribution in [0, 0.1) is 10.1 Å². The Balaban J connectivity index is 2.47. The summed E-state index contributed by atoms with van der Waals surface area (Å²) in [5.41, 5.74) is 0.805. The molecule has 6 heteroatoms. The molecule has 0 atom stereocenters. The number of hydrogen-bond acceptors (Lipinski definition) is 5. The Hall–Kier alpha value is -1.43. The van der Waals surface area contributed by atoms with Crippen LogP contribution in [0.25, 0.3) is 0 Å². The van der Waals surface area contributed by atoms with Crippen LogP contribution in [0.3, 0.4) is 0 Å². The van der Waals surface area contributed by atoms with Crippen LogP contribution in [0.1, 0.15) is 5.56 Å². The highest BCUT2D eigenvalue weighted by Gasteiger charge is 2.24. The van der Waals surface area contributed by atoms with Crippen LogP contribution >= 0.6 is 12.6 Å². The van der Waals surface area contributed by atoms with E-state index in [1.807, 2.05) is 0 Å². The lowest BCUT2D eigenvalue weighted by Crippen LogP contribution is -2.16. The largest absolute Gasteiger partial charge is 0.486 e. The molecule has 5 nitrogen and oxygen atoms in total. The molecule has 0 aliphatic carbocycles. The number of rotatable bonds is 3. The lowest BCUT2D eigenvalue weighted by Gasteiger charge is -2.18. The summed E-state index contributed by atoms with van der Waals surface area (Å²) in [6.45, 7) is 0.772. The number of hydrogen-bond donors (Lipinski definition) is 1. The fourth-order valence-electron chi connectivity index (χ4n) is 1.60. The zero-order chi connectivity index (χ0) is 11.5. The van der Waals surface area contributed by atoms with Crippen LogP contribution in [-0.2, 0) is 6.42 Å². The number of fused-ring (bicyclic) bond motifs is 1. The number of nitrogens with zero attached hydrogens (tertiary/aromatic N) is 1. The molecule has 0 aromatic heterocycles. The van der Waals surface area contributed by atoms with Crippen molar-refractivity contribution in [2.75, 3.05) is 19.0 Å². The van der Waals surface area contributed by atoms with Crippen molar-refractivity contribution >= 4 is 18.3 Å². The number of aryl methyl sites for hydroxylation is 1. The van der Waals surface area contributed by atoms with E-state index in [2.05, 4.69) is 12.6 Å². The van der Waals surface area contributed by atoms with Gasteiger partial charge in [-0.1, -0.05) is 0 Å². The topological polar surface area (TPSA) is 61.6 Å². The normalized spacial score (nSPS) is 13.6. The van der Waals surface area contributed by atoms with Crippen LogP contribution in [0.15, 0.2) is 12.1 Å². The second-order valence-corrected chi connectivity index (χ2v) is 3.82. The van der Waals surface area contributed by atoms with Gasteiger partial charge in [-0.2, -0.15) is 12.6 Å². The van der Waals surface area contributed by atoms with E-state index in [4.69, 9.17) is 9.47 Å². The molecule has 0 unspecified atom stereocenters. The first kappa shape index (κ1) is 11.1. The number of benzene rings is 1. The highest BCUT2D eigenvalue weighted by molar-refractivity contribution is 7.80. The van der Waals surface area contributed by atoms with Gasteiger partial charge in [-0.05, 0) is 23.8 Å². The van der Waals surface area contributed by atoms with Gasteiger partial charge in [-0.25, -0.2) is 0 Å². The summed E-state index contributed by atoms with van der Waals surface area (Å²) in [4.78, 5) is 10.4. The third kappa shape index (κ3) is 2.06. The zero-order valence-corrected chi connectivity index (χ0v) is 9.40. The molecular weight excluding hydrogens is 230 g/mol. The van der Waals surface area contributed by atoms with Gasteiger partial charge in [0, 0.05) is 6.07 Å². The molecule has 0 spiro atoms. The van der Waals surface area contributed by atoms with E-state index in [0.29, 0.717) is 31.1 Å². The zero-order valence-electron chi connectivity index (χ0n) is 8.51. The van der Waals surface area contributed by atoms with Crippen LogP contribution < -0.4 is 9.47 Å². The highest BCUT2D eigenvalue weighted by Crippen LogP contribution is 2.40. The maximum atomic E-state index is 10.9. The minimum Gasteiger partial charge on any atom is -0.486 e. The van der Waals surface area contributed by atoms with E-state index < -0.39 is 4.92 Å². The molecule has 1 aromatic carbocycles. The first-order valence-corrected chi connectivity index (χ1v) is 5.53. The molecule has 1 aliphatic rings. The molecule has 1 aliphatic heterocycles. The van der Waals surface area contributed by atoms with Crippen molar-refractivity contribution in [2.24, 2.45) is 0 Å². The predicted octanol–water partition coefficient (Wildman–Crippen LogP) is 1.84. The summed E-state index contributed by atoms with van der Waals surface area (Å²) in [7, 11) is 0. The Morgan fingerprint density at radius 3 is 2.81 bits per heavy atom. The summed E-state index contributed by atoms with van der Waals surface area (Å²) in [6, 6.07) is 3.29. The predicted molar refractivity (Wildman–Crippen MR) is 61.6 cm³/mol. The van der Waals surface area contributed by atoms with E-state index >= 15 is 0 Å². The van der Waals surface area contributed by atoms with E-state index in [0.717, 1.165) is 5.56 Å². The fraction of sp³-hybridized carbons (Fsp3) is 0.400. The number of nitro benzene ring substituents is 1. The van der Waals surface area contributed by atoms with Crippen molar-refractivity contribution in [1.29, 1.82) is 0 Å². The number of thiol groups is 1. The molecule has 0 saturated carbocycles. The molecule has 86 valence electrons. The van der Waals surface area contributed by atoms with Crippen molar-refractivity contribution in [3.8, 4) is 11.5 Å². The monoisotopic (exact) mass is 241 g/mol. The van der Waals surface area contributed by atoms with Gasteiger partial charge in [0.15, 0.2) is 5.75 Å². The minimum absolute atomic E-state index is 0.0333. The molecule has 0 radical (unpaired) electrons. The average Bonchev–Trinajstić information content (AvgIpc) is 2.28. The van der Waals surface area contributed by atoms with Gasteiger partial charge < -0.3 is 9.47 Å². The van der Waals surface area contributed by atoms with Gasteiger partial charge in [0.2, 0.25) is 5.75 Å². The van der Waals surface area contributed by atoms with Crippen molar-refractivity contribution < 1.29 is 14.4 Å². The van der Waals surface area contributed by atoms with Crippen molar-refractivity contribution in [3.63, 3.8) is 0 Å². The summed E-state index contributed by atoms with van der Waals surface area (Å²) < 4.78 is 10.6. The first-order chi connectivity index (χ1) is 7.72. The highest BCUT2D eigenvalue weighted by atomic mass is 32.1. The molecular formula is C10H11NO4S. The second kappa shape index (κ2) is 4.61. The molecule has 0 fully saturated rings. The lowest BCUT2D eigenvalue weighted by atomic mass is 10.1. The molecule has 1 aromatic rings. The van der Waals surface area contributed by atoms with Gasteiger partial charge in [0.25, 0.3) is 0 Å². The van der Waals surface area contributed by atoms with Gasteiger partial charge in [0.05, 0.1) is 4.92 Å². The Morgan fingerprint density at radius 1 is 1.38 bits per heavy atom. The van der Waals surface area contributed by atoms with Crippen LogP contribution in [0.2, 0.25) is 0 Å². The number of nitro groups is 1. The Bertz CT molecular complexity index is 422. The Morgan fingerprint density at radius 2 is 2.12 bits per heavy atom. The third-order valence-corrected chi connectivity index (χ3v) is 2.50. The summed E-state index contributed by atoms with van der Waals surface area (Å²) in [6.07, 6.45) is 0.667. The van der Waals surface area contributed by atoms with Crippen molar-refractivity contribution in [2.45, 2.75) is 6.42 Å². The van der Waals surface area contributed by atoms with Crippen LogP contribution in [0.4, 0.5) is 5.69 Å². The summed E-state index contributed by atoms with van der Waals surface area (Å²) in [5.74, 6) is 1.33. The molecule has 16 heavy (non-hydrogen) atoms. The van der Waals surface area contributed by atoms with Crippen molar-refractivity contribution in [3.05, 3.63) is 27.8 Å². The quantitative estimate of drug-likeness (QED) is 0.498. The van der Waals surface area contributed by atoms with Gasteiger partial charge >= 0.3 is 5.69 Å². The maximum absolute atomic E-state index is 10.9. The lowest BCUT2D eigenvalue weighted by molar-refractivity contribution is -0.386. The SMILES string of the molecule is O=[N+]([O-])c1cc(CCS)cc2c1OCCO2. The first-order valence-electron chi connectivity index (χ1n) is 4.90. The molecule has 2 rings (SSSR count). The van der Waals surface area contributed by atoms with Crippen molar-refractivity contribution in [1.82, 2.24) is 0 Å². The van der Waals surface area contributed by atoms with E-state index in [-0.39, 0.29) is 11.4 Å². The van der Waals surface area contributed by atoms with Gasteiger partial charge in [0.1, 0.15) is 13.2 Å². The number of ether oxygens (including phenoxy) is 2. The molecule has 0 bridgehead atoms. The molecule has 0 amide bonds. The Labute approximate surface area is 97.9 Å².